The second-order valence-electron chi connectivity index (χ2n) is 9.66. The van der Waals surface area contributed by atoms with Crippen LogP contribution in [0.15, 0.2) is 53.5 Å². The van der Waals surface area contributed by atoms with E-state index in [9.17, 15) is 9.59 Å². The van der Waals surface area contributed by atoms with Gasteiger partial charge in [-0.2, -0.15) is 0 Å². The Morgan fingerprint density at radius 2 is 1.97 bits per heavy atom. The van der Waals surface area contributed by atoms with Gasteiger partial charge in [-0.1, -0.05) is 18.2 Å². The lowest BCUT2D eigenvalue weighted by Crippen LogP contribution is -2.35. The molecule has 0 amide bonds. The maximum atomic E-state index is 14.2. The quantitative estimate of drug-likeness (QED) is 0.431. The van der Waals surface area contributed by atoms with Gasteiger partial charge in [0.05, 0.1) is 29.8 Å². The lowest BCUT2D eigenvalue weighted by Gasteiger charge is -2.26. The van der Waals surface area contributed by atoms with E-state index in [1.165, 1.54) is 7.11 Å². The van der Waals surface area contributed by atoms with Gasteiger partial charge in [-0.25, -0.2) is 9.78 Å². The fraction of sp³-hybridized carbons (Fsp3) is 0.393. The molecule has 6 rings (SSSR count). The highest BCUT2D eigenvalue weighted by Crippen LogP contribution is 2.31. The Hall–Kier alpha value is -3.49. The number of hydrogen-bond donors (Lipinski definition) is 1. The number of hydrogen-bond acceptors (Lipinski definition) is 6. The first-order valence-corrected chi connectivity index (χ1v) is 12.7. The van der Waals surface area contributed by atoms with Crippen LogP contribution < -0.4 is 10.9 Å². The van der Waals surface area contributed by atoms with E-state index < -0.39 is 5.97 Å². The molecule has 2 aliphatic heterocycles. The first kappa shape index (κ1) is 22.9. The molecule has 4 heterocycles. The molecule has 0 radical (unpaired) electrons. The molecule has 0 bridgehead atoms. The minimum absolute atomic E-state index is 0.0242. The van der Waals surface area contributed by atoms with E-state index in [1.807, 2.05) is 22.8 Å². The summed E-state index contributed by atoms with van der Waals surface area (Å²) in [7, 11) is 1.36. The lowest BCUT2D eigenvalue weighted by atomic mass is 10.0. The van der Waals surface area contributed by atoms with Crippen LogP contribution in [0.1, 0.15) is 42.1 Å². The molecule has 8 heteroatoms. The molecule has 186 valence electrons. The number of nitrogens with zero attached hydrogens (tertiary/aromatic N) is 3. The molecule has 0 spiro atoms. The highest BCUT2D eigenvalue weighted by molar-refractivity contribution is 5.97. The van der Waals surface area contributed by atoms with Crippen LogP contribution >= 0.6 is 0 Å². The van der Waals surface area contributed by atoms with Gasteiger partial charge < -0.3 is 23.9 Å². The number of para-hydroxylation sites is 1. The van der Waals surface area contributed by atoms with Crippen molar-refractivity contribution in [3.63, 3.8) is 0 Å². The summed E-state index contributed by atoms with van der Waals surface area (Å²) in [5.41, 5.74) is 3.97. The van der Waals surface area contributed by atoms with Crippen LogP contribution in [0, 0.1) is 0 Å². The fourth-order valence-corrected chi connectivity index (χ4v) is 5.64. The maximum Gasteiger partial charge on any atom is 0.337 e. The zero-order valence-corrected chi connectivity index (χ0v) is 20.4. The summed E-state index contributed by atoms with van der Waals surface area (Å²) in [5.74, 6) is -0.428. The van der Waals surface area contributed by atoms with Crippen LogP contribution in [-0.4, -0.2) is 53.0 Å². The smallest absolute Gasteiger partial charge is 0.337 e. The van der Waals surface area contributed by atoms with E-state index >= 15 is 0 Å². The first-order valence-electron chi connectivity index (χ1n) is 12.7. The Kier molecular flexibility index (Phi) is 6.07. The van der Waals surface area contributed by atoms with Crippen LogP contribution in [0.3, 0.4) is 0 Å². The Morgan fingerprint density at radius 3 is 2.75 bits per heavy atom. The highest BCUT2D eigenvalue weighted by Gasteiger charge is 2.25. The molecule has 4 aromatic rings. The number of piperidine rings is 1. The topological polar surface area (TPSA) is 87.4 Å². The van der Waals surface area contributed by atoms with Crippen molar-refractivity contribution in [1.29, 1.82) is 0 Å². The molecule has 1 N–H and O–H groups in total. The summed E-state index contributed by atoms with van der Waals surface area (Å²) < 4.78 is 14.9. The molecule has 2 fully saturated rings. The molecule has 2 aliphatic rings. The molecule has 2 saturated heterocycles. The SMILES string of the molecule is COC(=O)c1ccc2nc(-c3cn(CC4CCCO4)c4ccccc34)c(=O)n(C3CCNCC3)c2c1. The van der Waals surface area contributed by atoms with Gasteiger partial charge in [-0.05, 0) is 63.0 Å². The van der Waals surface area contributed by atoms with Crippen LogP contribution in [0.25, 0.3) is 33.2 Å². The van der Waals surface area contributed by atoms with Crippen LogP contribution in [0.4, 0.5) is 0 Å². The first-order chi connectivity index (χ1) is 17.6. The molecule has 1 atom stereocenters. The van der Waals surface area contributed by atoms with Gasteiger partial charge in [0.15, 0.2) is 0 Å². The Labute approximate surface area is 208 Å². The van der Waals surface area contributed by atoms with Crippen molar-refractivity contribution in [2.24, 2.45) is 0 Å². The molecule has 1 unspecified atom stereocenters. The number of methoxy groups -OCH3 is 1. The van der Waals surface area contributed by atoms with E-state index in [4.69, 9.17) is 14.5 Å². The summed E-state index contributed by atoms with van der Waals surface area (Å²) in [6, 6.07) is 13.4. The number of ether oxygens (including phenoxy) is 2. The standard InChI is InChI=1S/C28H30N4O4/c1-35-28(34)18-8-9-23-25(15-18)32(19-10-12-29-13-11-19)27(33)26(30-23)22-17-31(16-20-5-4-14-36-20)24-7-3-2-6-21(22)24/h2-3,6-9,15,17,19-20,29H,4-5,10-14,16H2,1H3. The minimum atomic E-state index is -0.428. The second kappa shape index (κ2) is 9.52. The maximum absolute atomic E-state index is 14.2. The van der Waals surface area contributed by atoms with Crippen molar-refractivity contribution in [2.75, 3.05) is 26.8 Å². The van der Waals surface area contributed by atoms with Crippen LogP contribution in [0.5, 0.6) is 0 Å². The van der Waals surface area contributed by atoms with Gasteiger partial charge in [-0.15, -0.1) is 0 Å². The summed E-state index contributed by atoms with van der Waals surface area (Å²) >= 11 is 0. The molecule has 36 heavy (non-hydrogen) atoms. The Bertz CT molecular complexity index is 1490. The third kappa shape index (κ3) is 4.00. The van der Waals surface area contributed by atoms with Gasteiger partial charge >= 0.3 is 5.97 Å². The molecule has 2 aromatic heterocycles. The second-order valence-corrected chi connectivity index (χ2v) is 9.66. The molecule has 2 aromatic carbocycles. The van der Waals surface area contributed by atoms with Crippen LogP contribution in [0.2, 0.25) is 0 Å². The molecule has 0 aliphatic carbocycles. The average Bonchev–Trinajstić information content (AvgIpc) is 3.56. The molecule has 0 saturated carbocycles. The monoisotopic (exact) mass is 486 g/mol. The summed E-state index contributed by atoms with van der Waals surface area (Å²) in [5, 5.41) is 4.38. The largest absolute Gasteiger partial charge is 0.465 e. The number of nitrogens with one attached hydrogen (secondary N) is 1. The van der Waals surface area contributed by atoms with Gasteiger partial charge in [0.1, 0.15) is 5.69 Å². The predicted molar refractivity (Wildman–Crippen MR) is 138 cm³/mol. The van der Waals surface area contributed by atoms with E-state index in [2.05, 4.69) is 28.2 Å². The van der Waals surface area contributed by atoms with Crippen molar-refractivity contribution in [3.8, 4) is 11.3 Å². The number of rotatable bonds is 5. The van der Waals surface area contributed by atoms with Gasteiger partial charge in [0.2, 0.25) is 0 Å². The summed E-state index contributed by atoms with van der Waals surface area (Å²) in [6.45, 7) is 3.23. The highest BCUT2D eigenvalue weighted by atomic mass is 16.5. The van der Waals surface area contributed by atoms with E-state index in [0.717, 1.165) is 68.4 Å². The summed E-state index contributed by atoms with van der Waals surface area (Å²) in [6.07, 6.45) is 6.03. The zero-order chi connectivity index (χ0) is 24.6. The Morgan fingerprint density at radius 1 is 1.14 bits per heavy atom. The minimum Gasteiger partial charge on any atom is -0.465 e. The summed E-state index contributed by atoms with van der Waals surface area (Å²) in [4.78, 5) is 31.3. The van der Waals surface area contributed by atoms with Gasteiger partial charge in [-0.3, -0.25) is 4.79 Å². The van der Waals surface area contributed by atoms with Crippen molar-refractivity contribution >= 4 is 27.9 Å². The molecule has 8 nitrogen and oxygen atoms in total. The number of aromatic nitrogens is 3. The Balaban J connectivity index is 1.56. The van der Waals surface area contributed by atoms with E-state index in [1.54, 1.807) is 12.1 Å². The zero-order valence-electron chi connectivity index (χ0n) is 20.4. The number of carbonyl (C=O) groups is 1. The van der Waals surface area contributed by atoms with E-state index in [0.29, 0.717) is 22.3 Å². The normalized spacial score (nSPS) is 18.8. The number of benzene rings is 2. The van der Waals surface area contributed by atoms with Gasteiger partial charge in [0.25, 0.3) is 5.56 Å². The molecular weight excluding hydrogens is 456 g/mol. The van der Waals surface area contributed by atoms with Crippen LogP contribution in [-0.2, 0) is 16.0 Å². The van der Waals surface area contributed by atoms with Crippen molar-refractivity contribution in [1.82, 2.24) is 19.4 Å². The third-order valence-corrected chi connectivity index (χ3v) is 7.45. The average molecular weight is 487 g/mol. The number of carbonyl (C=O) groups excluding carboxylic acids is 1. The number of fused-ring (bicyclic) bond motifs is 2. The van der Waals surface area contributed by atoms with Crippen molar-refractivity contribution in [2.45, 2.75) is 44.4 Å². The lowest BCUT2D eigenvalue weighted by molar-refractivity contribution is 0.0601. The predicted octanol–water partition coefficient (Wildman–Crippen LogP) is 3.91. The number of esters is 1. The van der Waals surface area contributed by atoms with Crippen molar-refractivity contribution in [3.05, 3.63) is 64.6 Å². The van der Waals surface area contributed by atoms with Gasteiger partial charge in [0, 0.05) is 41.9 Å². The third-order valence-electron chi connectivity index (χ3n) is 7.45. The van der Waals surface area contributed by atoms with E-state index in [-0.39, 0.29) is 17.7 Å². The molecular formula is C28H30N4O4. The fourth-order valence-electron chi connectivity index (χ4n) is 5.64. The van der Waals surface area contributed by atoms with Crippen molar-refractivity contribution < 1.29 is 14.3 Å².